The van der Waals surface area contributed by atoms with Crippen molar-refractivity contribution in [2.75, 3.05) is 0 Å². The van der Waals surface area contributed by atoms with Gasteiger partial charge < -0.3 is 0 Å². The minimum Gasteiger partial charge on any atom is -0.180 e. The average molecular weight is 879 g/mol. The van der Waals surface area contributed by atoms with Crippen LogP contribution >= 0.6 is 0 Å². The molecule has 0 saturated carbocycles. The van der Waals surface area contributed by atoms with E-state index in [1.165, 1.54) is 66.8 Å². The van der Waals surface area contributed by atoms with Crippen LogP contribution in [-0.2, 0) is 84.7 Å². The van der Waals surface area contributed by atoms with Crippen LogP contribution in [0, 0.1) is 24.3 Å². The summed E-state index contributed by atoms with van der Waals surface area (Å²) in [6, 6.07) is 56.8. The van der Waals surface area contributed by atoms with E-state index in [4.69, 9.17) is 0 Å². The van der Waals surface area contributed by atoms with Crippen LogP contribution < -0.4 is 0 Å². The third kappa shape index (κ3) is 12.8. The summed E-state index contributed by atoms with van der Waals surface area (Å²) < 4.78 is 0. The molecule has 6 aromatic carbocycles. The van der Waals surface area contributed by atoms with Crippen molar-refractivity contribution in [1.82, 2.24) is 0 Å². The van der Waals surface area contributed by atoms with E-state index in [-0.39, 0.29) is 71.3 Å². The van der Waals surface area contributed by atoms with Crippen LogP contribution in [0.2, 0.25) is 0 Å². The monoisotopic (exact) mass is 878 g/mol. The van der Waals surface area contributed by atoms with Gasteiger partial charge in [-0.25, -0.2) is 0 Å². The van der Waals surface area contributed by atoms with Crippen LogP contribution in [0.15, 0.2) is 121 Å². The van der Waals surface area contributed by atoms with Gasteiger partial charge in [0.1, 0.15) is 0 Å². The minimum atomic E-state index is 0. The summed E-state index contributed by atoms with van der Waals surface area (Å²) in [5.41, 5.74) is 16.7. The van der Waals surface area contributed by atoms with Gasteiger partial charge in [-0.15, -0.1) is 33.4 Å². The molecule has 0 saturated heterocycles. The molecule has 6 aromatic rings. The molecule has 286 valence electrons. The summed E-state index contributed by atoms with van der Waals surface area (Å²) in [5, 5.41) is 0. The normalized spacial score (nSPS) is 12.3. The molecule has 3 aliphatic rings. The molecule has 0 heterocycles. The van der Waals surface area contributed by atoms with E-state index in [0.717, 1.165) is 19.3 Å². The number of rotatable bonds is 1. The maximum absolute atomic E-state index is 3.51. The molecule has 9 rings (SSSR count). The Morgan fingerprint density at radius 3 is 1.16 bits per heavy atom. The second-order valence-electron chi connectivity index (χ2n) is 11.2. The van der Waals surface area contributed by atoms with Gasteiger partial charge >= 0.3 is 0 Å². The molecule has 0 aromatic heterocycles. The van der Waals surface area contributed by atoms with Crippen LogP contribution in [0.1, 0.15) is 162 Å². The Bertz CT molecular complexity index is 1780. The molecule has 0 nitrogen and oxygen atoms in total. The van der Waals surface area contributed by atoms with Crippen molar-refractivity contribution in [1.29, 1.82) is 0 Å². The Morgan fingerprint density at radius 2 is 0.709 bits per heavy atom. The topological polar surface area (TPSA) is 0 Å². The van der Waals surface area contributed by atoms with Gasteiger partial charge in [-0.1, -0.05) is 142 Å². The fourth-order valence-electron chi connectivity index (χ4n) is 7.16. The molecule has 2 radical (unpaired) electrons. The largest absolute Gasteiger partial charge is 0.180 e. The maximum atomic E-state index is 3.51. The molecular formula is C53H64Y2-4. The van der Waals surface area contributed by atoms with E-state index in [1.54, 1.807) is 0 Å². The van der Waals surface area contributed by atoms with Gasteiger partial charge in [0.25, 0.3) is 0 Å². The number of hydrogen-bond acceptors (Lipinski definition) is 0. The van der Waals surface area contributed by atoms with Crippen molar-refractivity contribution in [2.45, 2.75) is 114 Å². The third-order valence-corrected chi connectivity index (χ3v) is 8.93. The molecule has 0 aliphatic heterocycles. The Kier molecular flexibility index (Phi) is 28.4. The summed E-state index contributed by atoms with van der Waals surface area (Å²) >= 11 is 0. The molecule has 2 heteroatoms. The zero-order valence-corrected chi connectivity index (χ0v) is 41.7. The first-order valence-electron chi connectivity index (χ1n) is 20.5. The predicted octanol–water partition coefficient (Wildman–Crippen LogP) is 14.8. The van der Waals surface area contributed by atoms with Crippen LogP contribution in [0.5, 0.6) is 0 Å². The fraction of sp³-hybridized carbons (Fsp3) is 0.321. The quantitative estimate of drug-likeness (QED) is 0.144. The smallest absolute Gasteiger partial charge is 0 e. The van der Waals surface area contributed by atoms with Gasteiger partial charge in [0, 0.05) is 65.4 Å². The Balaban J connectivity index is 0.000000813. The second kappa shape index (κ2) is 29.7. The van der Waals surface area contributed by atoms with E-state index in [0.29, 0.717) is 5.92 Å². The summed E-state index contributed by atoms with van der Waals surface area (Å²) in [7, 11) is 0. The van der Waals surface area contributed by atoms with Crippen molar-refractivity contribution in [3.63, 3.8) is 0 Å². The minimum absolute atomic E-state index is 0. The van der Waals surface area contributed by atoms with Gasteiger partial charge in [0.05, 0.1) is 0 Å². The van der Waals surface area contributed by atoms with E-state index < -0.39 is 0 Å². The van der Waals surface area contributed by atoms with Gasteiger partial charge in [-0.2, -0.15) is 109 Å². The standard InChI is InChI=1S/C21H14.C20H14.6C2H6.2Y/c1-3-10-18-14(6-1)12-16-8-5-9-17-13-15-7-2-4-11-19(15)21(18)20(16)17;1-2-8-15(9-3-1)20-18-12-6-4-10-16(18)14-17-11-5-7-13-19(17)20;6*1-2;;/h1-9,21H,12-13H2;1-8,10-12,20H,14H2;6*1-2H3;;/q2*-2;;;;;;;;. The maximum Gasteiger partial charge on any atom is 0 e. The number of fused-ring (bicyclic) bond motifs is 6. The SMILES string of the molecule is CC.CC.CC.CC.CC.CC.[Y].[Y].[c-]1cccc2c1C1c3[c-]cccc3Cc3cccc(c31)C2.[c-]1ccccc1C1c2[c-]cccc2Cc2ccccc21. The van der Waals surface area contributed by atoms with Gasteiger partial charge in [0.15, 0.2) is 0 Å². The summed E-state index contributed by atoms with van der Waals surface area (Å²) in [6.07, 6.45) is 3.08. The molecular weight excluding hydrogens is 814 g/mol. The zero-order valence-electron chi connectivity index (χ0n) is 36.0. The van der Waals surface area contributed by atoms with Crippen LogP contribution in [0.3, 0.4) is 0 Å². The predicted molar refractivity (Wildman–Crippen MR) is 232 cm³/mol. The molecule has 1 atom stereocenters. The summed E-state index contributed by atoms with van der Waals surface area (Å²) in [4.78, 5) is 0. The van der Waals surface area contributed by atoms with E-state index in [9.17, 15) is 0 Å². The Hall–Kier alpha value is -2.47. The Labute approximate surface area is 388 Å². The molecule has 0 N–H and O–H groups in total. The van der Waals surface area contributed by atoms with E-state index in [1.807, 2.05) is 113 Å². The second-order valence-corrected chi connectivity index (χ2v) is 11.2. The third-order valence-electron chi connectivity index (χ3n) is 8.93. The molecule has 0 spiro atoms. The molecule has 0 bridgehead atoms. The van der Waals surface area contributed by atoms with E-state index in [2.05, 4.69) is 115 Å². The number of hydrogen-bond donors (Lipinski definition) is 0. The Morgan fingerprint density at radius 1 is 0.345 bits per heavy atom. The van der Waals surface area contributed by atoms with E-state index >= 15 is 0 Å². The molecule has 0 amide bonds. The van der Waals surface area contributed by atoms with Crippen molar-refractivity contribution in [2.24, 2.45) is 0 Å². The first-order valence-corrected chi connectivity index (χ1v) is 20.5. The average Bonchev–Trinajstić information content (AvgIpc) is 3.27. The van der Waals surface area contributed by atoms with Gasteiger partial charge in [-0.05, 0) is 42.2 Å². The van der Waals surface area contributed by atoms with Gasteiger partial charge in [0.2, 0.25) is 0 Å². The summed E-state index contributed by atoms with van der Waals surface area (Å²) in [5.74, 6) is 0.587. The molecule has 0 fully saturated rings. The van der Waals surface area contributed by atoms with Crippen molar-refractivity contribution >= 4 is 0 Å². The number of benzene rings is 6. The van der Waals surface area contributed by atoms with Crippen molar-refractivity contribution < 1.29 is 65.4 Å². The molecule has 3 aliphatic carbocycles. The fourth-order valence-corrected chi connectivity index (χ4v) is 7.16. The first-order chi connectivity index (χ1) is 26.3. The van der Waals surface area contributed by atoms with Crippen LogP contribution in [-0.4, -0.2) is 0 Å². The molecule has 1 unspecified atom stereocenters. The van der Waals surface area contributed by atoms with Crippen molar-refractivity contribution in [3.8, 4) is 0 Å². The van der Waals surface area contributed by atoms with Crippen molar-refractivity contribution in [3.05, 3.63) is 212 Å². The molecule has 55 heavy (non-hydrogen) atoms. The van der Waals surface area contributed by atoms with Crippen LogP contribution in [0.4, 0.5) is 0 Å². The summed E-state index contributed by atoms with van der Waals surface area (Å²) in [6.45, 7) is 24.0. The first kappa shape index (κ1) is 52.5. The van der Waals surface area contributed by atoms with Crippen LogP contribution in [0.25, 0.3) is 0 Å². The zero-order chi connectivity index (χ0) is 39.2. The van der Waals surface area contributed by atoms with Gasteiger partial charge in [-0.3, -0.25) is 0 Å².